The third-order valence-electron chi connectivity index (χ3n) is 4.71. The number of amides is 1. The molecule has 0 aromatic carbocycles. The van der Waals surface area contributed by atoms with Crippen LogP contribution >= 0.6 is 0 Å². The van der Waals surface area contributed by atoms with Gasteiger partial charge >= 0.3 is 0 Å². The van der Waals surface area contributed by atoms with Gasteiger partial charge in [-0.1, -0.05) is 12.1 Å². The van der Waals surface area contributed by atoms with Crippen molar-refractivity contribution in [2.45, 2.75) is 13.0 Å². The maximum Gasteiger partial charge on any atom is 0.272 e. The number of nitrogens with one attached hydrogen (secondary N) is 1. The number of rotatable bonds is 4. The standard InChI is InChI=1S/C20H22N6O2/c1-14-12-19(24-25(14)2)23-18-8-5-7-15(22-18)17-13-26(10-11-28-17)20(27)16-6-3-4-9-21-16/h3-9,12,17H,10-11,13H2,1-2H3,(H,22,23,24)/t17-/m0/s1. The van der Waals surface area contributed by atoms with Crippen LogP contribution in [0.2, 0.25) is 0 Å². The van der Waals surface area contributed by atoms with Crippen LogP contribution in [0.15, 0.2) is 48.7 Å². The van der Waals surface area contributed by atoms with Gasteiger partial charge < -0.3 is 15.0 Å². The Morgan fingerprint density at radius 1 is 1.21 bits per heavy atom. The van der Waals surface area contributed by atoms with Crippen LogP contribution < -0.4 is 5.32 Å². The maximum absolute atomic E-state index is 12.7. The number of ether oxygens (including phenoxy) is 1. The molecule has 1 N–H and O–H groups in total. The lowest BCUT2D eigenvalue weighted by molar-refractivity contribution is -0.0248. The zero-order chi connectivity index (χ0) is 19.5. The number of hydrogen-bond acceptors (Lipinski definition) is 6. The lowest BCUT2D eigenvalue weighted by atomic mass is 10.1. The molecule has 0 radical (unpaired) electrons. The Bertz CT molecular complexity index is 952. The fraction of sp³-hybridized carbons (Fsp3) is 0.300. The molecule has 0 unspecified atom stereocenters. The summed E-state index contributed by atoms with van der Waals surface area (Å²) in [5, 5.41) is 7.61. The molecule has 1 aliphatic rings. The van der Waals surface area contributed by atoms with E-state index in [2.05, 4.69) is 20.4 Å². The van der Waals surface area contributed by atoms with E-state index in [1.54, 1.807) is 27.9 Å². The Labute approximate surface area is 163 Å². The number of carbonyl (C=O) groups is 1. The molecule has 3 aromatic heterocycles. The average Bonchev–Trinajstić information content (AvgIpc) is 3.05. The molecule has 1 saturated heterocycles. The van der Waals surface area contributed by atoms with Gasteiger partial charge in [-0.15, -0.1) is 0 Å². The van der Waals surface area contributed by atoms with Gasteiger partial charge in [0.25, 0.3) is 5.91 Å². The minimum atomic E-state index is -0.284. The topological polar surface area (TPSA) is 85.2 Å². The van der Waals surface area contributed by atoms with Crippen molar-refractivity contribution in [2.75, 3.05) is 25.0 Å². The van der Waals surface area contributed by atoms with Crippen LogP contribution in [0.5, 0.6) is 0 Å². The molecule has 0 bridgehead atoms. The van der Waals surface area contributed by atoms with Gasteiger partial charge in [-0.2, -0.15) is 5.10 Å². The highest BCUT2D eigenvalue weighted by Crippen LogP contribution is 2.24. The molecule has 1 atom stereocenters. The van der Waals surface area contributed by atoms with Gasteiger partial charge in [0.2, 0.25) is 0 Å². The first-order chi connectivity index (χ1) is 13.6. The Hall–Kier alpha value is -3.26. The summed E-state index contributed by atoms with van der Waals surface area (Å²) in [5.41, 5.74) is 2.27. The van der Waals surface area contributed by atoms with Crippen molar-refractivity contribution >= 4 is 17.5 Å². The van der Waals surface area contributed by atoms with Gasteiger partial charge in [0.1, 0.15) is 17.6 Å². The molecule has 4 heterocycles. The summed E-state index contributed by atoms with van der Waals surface area (Å²) in [4.78, 5) is 23.3. The Morgan fingerprint density at radius 2 is 2.11 bits per heavy atom. The Morgan fingerprint density at radius 3 is 2.86 bits per heavy atom. The lowest BCUT2D eigenvalue weighted by Crippen LogP contribution is -2.42. The molecular formula is C20H22N6O2. The van der Waals surface area contributed by atoms with Crippen LogP contribution in [0.4, 0.5) is 11.6 Å². The molecule has 0 spiro atoms. The van der Waals surface area contributed by atoms with E-state index in [1.807, 2.05) is 44.3 Å². The maximum atomic E-state index is 12.7. The minimum Gasteiger partial charge on any atom is -0.368 e. The molecule has 28 heavy (non-hydrogen) atoms. The van der Waals surface area contributed by atoms with E-state index in [0.29, 0.717) is 31.2 Å². The molecule has 1 fully saturated rings. The molecule has 4 rings (SSSR count). The van der Waals surface area contributed by atoms with Crippen LogP contribution in [0, 0.1) is 6.92 Å². The lowest BCUT2D eigenvalue weighted by Gasteiger charge is -2.32. The van der Waals surface area contributed by atoms with Crippen molar-refractivity contribution in [3.05, 3.63) is 65.7 Å². The smallest absolute Gasteiger partial charge is 0.272 e. The van der Waals surface area contributed by atoms with Crippen LogP contribution in [0.25, 0.3) is 0 Å². The Balaban J connectivity index is 1.48. The highest BCUT2D eigenvalue weighted by atomic mass is 16.5. The summed E-state index contributed by atoms with van der Waals surface area (Å²) in [6.45, 7) is 3.43. The molecule has 144 valence electrons. The summed E-state index contributed by atoms with van der Waals surface area (Å²) in [6, 6.07) is 13.0. The summed E-state index contributed by atoms with van der Waals surface area (Å²) in [5.74, 6) is 1.33. The predicted molar refractivity (Wildman–Crippen MR) is 104 cm³/mol. The number of carbonyl (C=O) groups excluding carboxylic acids is 1. The second kappa shape index (κ2) is 7.77. The number of hydrogen-bond donors (Lipinski definition) is 1. The van der Waals surface area contributed by atoms with E-state index in [1.165, 1.54) is 0 Å². The van der Waals surface area contributed by atoms with E-state index in [4.69, 9.17) is 4.74 Å². The fourth-order valence-corrected chi connectivity index (χ4v) is 3.12. The molecule has 3 aromatic rings. The van der Waals surface area contributed by atoms with Crippen molar-refractivity contribution in [1.29, 1.82) is 0 Å². The SMILES string of the molecule is Cc1cc(Nc2cccc([C@@H]3CN(C(=O)c4ccccn4)CCO3)n2)nn1C. The first-order valence-corrected chi connectivity index (χ1v) is 9.16. The van der Waals surface area contributed by atoms with Crippen LogP contribution in [0.3, 0.4) is 0 Å². The minimum absolute atomic E-state index is 0.0906. The van der Waals surface area contributed by atoms with Gasteiger partial charge in [0.15, 0.2) is 5.82 Å². The number of morpholine rings is 1. The van der Waals surface area contributed by atoms with E-state index >= 15 is 0 Å². The number of aryl methyl sites for hydroxylation is 2. The zero-order valence-electron chi connectivity index (χ0n) is 15.9. The molecule has 1 amide bonds. The normalized spacial score (nSPS) is 16.8. The molecule has 1 aliphatic heterocycles. The molecule has 0 aliphatic carbocycles. The highest BCUT2D eigenvalue weighted by molar-refractivity contribution is 5.92. The van der Waals surface area contributed by atoms with Gasteiger partial charge in [-0.25, -0.2) is 4.98 Å². The van der Waals surface area contributed by atoms with Gasteiger partial charge in [-0.3, -0.25) is 14.5 Å². The summed E-state index contributed by atoms with van der Waals surface area (Å²) in [7, 11) is 1.90. The third-order valence-corrected chi connectivity index (χ3v) is 4.71. The van der Waals surface area contributed by atoms with Gasteiger partial charge in [-0.05, 0) is 31.2 Å². The van der Waals surface area contributed by atoms with Crippen LogP contribution in [-0.2, 0) is 11.8 Å². The first-order valence-electron chi connectivity index (χ1n) is 9.16. The van der Waals surface area contributed by atoms with E-state index in [-0.39, 0.29) is 12.0 Å². The number of anilines is 2. The van der Waals surface area contributed by atoms with E-state index in [9.17, 15) is 4.79 Å². The highest BCUT2D eigenvalue weighted by Gasteiger charge is 2.27. The molecule has 8 heteroatoms. The second-order valence-electron chi connectivity index (χ2n) is 6.69. The van der Waals surface area contributed by atoms with Crippen LogP contribution in [0.1, 0.15) is 28.0 Å². The zero-order valence-corrected chi connectivity index (χ0v) is 15.9. The van der Waals surface area contributed by atoms with E-state index < -0.39 is 0 Å². The summed E-state index contributed by atoms with van der Waals surface area (Å²) >= 11 is 0. The first kappa shape index (κ1) is 18.1. The largest absolute Gasteiger partial charge is 0.368 e. The molecule has 0 saturated carbocycles. The average molecular weight is 378 g/mol. The summed E-state index contributed by atoms with van der Waals surface area (Å²) in [6.07, 6.45) is 1.34. The van der Waals surface area contributed by atoms with Gasteiger partial charge in [0, 0.05) is 31.5 Å². The van der Waals surface area contributed by atoms with Crippen molar-refractivity contribution in [1.82, 2.24) is 24.6 Å². The number of pyridine rings is 2. The fourth-order valence-electron chi connectivity index (χ4n) is 3.12. The third kappa shape index (κ3) is 3.86. The summed E-state index contributed by atoms with van der Waals surface area (Å²) < 4.78 is 7.69. The number of aromatic nitrogens is 4. The monoisotopic (exact) mass is 378 g/mol. The quantitative estimate of drug-likeness (QED) is 0.751. The van der Waals surface area contributed by atoms with Crippen molar-refractivity contribution in [3.63, 3.8) is 0 Å². The Kier molecular flexibility index (Phi) is 5.03. The van der Waals surface area contributed by atoms with Crippen molar-refractivity contribution < 1.29 is 9.53 Å². The second-order valence-corrected chi connectivity index (χ2v) is 6.69. The number of nitrogens with zero attached hydrogens (tertiary/aromatic N) is 5. The van der Waals surface area contributed by atoms with Crippen molar-refractivity contribution in [3.8, 4) is 0 Å². The molecular weight excluding hydrogens is 356 g/mol. The predicted octanol–water partition coefficient (Wildman–Crippen LogP) is 2.48. The molecule has 8 nitrogen and oxygen atoms in total. The van der Waals surface area contributed by atoms with E-state index in [0.717, 1.165) is 17.2 Å². The van der Waals surface area contributed by atoms with Crippen molar-refractivity contribution in [2.24, 2.45) is 7.05 Å². The van der Waals surface area contributed by atoms with Crippen LogP contribution in [-0.4, -0.2) is 50.3 Å². The van der Waals surface area contributed by atoms with Gasteiger partial charge in [0.05, 0.1) is 18.8 Å².